The van der Waals surface area contributed by atoms with Crippen LogP contribution in [0.1, 0.15) is 32.1 Å². The van der Waals surface area contributed by atoms with Crippen molar-refractivity contribution in [1.29, 1.82) is 0 Å². The molecule has 0 bridgehead atoms. The summed E-state index contributed by atoms with van der Waals surface area (Å²) in [6.45, 7) is 3.25. The summed E-state index contributed by atoms with van der Waals surface area (Å²) in [6.07, 6.45) is 4.61. The summed E-state index contributed by atoms with van der Waals surface area (Å²) in [5.74, 6) is 0.845. The third kappa shape index (κ3) is 4.47. The fourth-order valence-corrected chi connectivity index (χ4v) is 4.88. The number of nitrogens with one attached hydrogen (secondary N) is 1. The van der Waals surface area contributed by atoms with Crippen LogP contribution >= 0.6 is 12.2 Å². The van der Waals surface area contributed by atoms with Crippen LogP contribution < -0.4 is 10.9 Å². The lowest BCUT2D eigenvalue weighted by atomic mass is 9.96. The van der Waals surface area contributed by atoms with Crippen molar-refractivity contribution in [3.05, 3.63) is 39.4 Å². The van der Waals surface area contributed by atoms with E-state index in [-0.39, 0.29) is 17.4 Å². The molecular weight excluding hydrogens is 440 g/mol. The van der Waals surface area contributed by atoms with Crippen molar-refractivity contribution < 1.29 is 9.53 Å². The first-order valence-corrected chi connectivity index (χ1v) is 12.1. The largest absolute Gasteiger partial charge is 0.385 e. The van der Waals surface area contributed by atoms with Gasteiger partial charge in [-0.2, -0.15) is 0 Å². The molecule has 176 valence electrons. The van der Waals surface area contributed by atoms with Crippen molar-refractivity contribution in [3.63, 3.8) is 0 Å². The number of hydrogen-bond donors (Lipinski definition) is 1. The molecule has 1 aliphatic heterocycles. The molecule has 10 heteroatoms. The van der Waals surface area contributed by atoms with E-state index in [1.54, 1.807) is 16.4 Å². The summed E-state index contributed by atoms with van der Waals surface area (Å²) in [5.41, 5.74) is 0.705. The Kier molecular flexibility index (Phi) is 6.31. The van der Waals surface area contributed by atoms with Crippen molar-refractivity contribution in [3.8, 4) is 0 Å². The Hall–Kier alpha value is -2.56. The standard InChI is InChI=1S/C23H30N6O3S/c1-32-14-4-11-27-21(31)18-5-2-3-6-19(18)29-22(27)25-28(23(29)33)15-26-12-9-16(10-13-26)20(30)24-17-7-8-17/h2-3,5-6,16-17H,4,7-15H2,1H3,(H,24,30). The van der Waals surface area contributed by atoms with Crippen molar-refractivity contribution in [2.24, 2.45) is 5.92 Å². The molecule has 0 spiro atoms. The first-order chi connectivity index (χ1) is 16.1. The average Bonchev–Trinajstić information content (AvgIpc) is 3.59. The lowest BCUT2D eigenvalue weighted by Gasteiger charge is -2.30. The van der Waals surface area contributed by atoms with Crippen LogP contribution in [0.2, 0.25) is 0 Å². The van der Waals surface area contributed by atoms with E-state index < -0.39 is 0 Å². The van der Waals surface area contributed by atoms with Crippen LogP contribution in [0.4, 0.5) is 0 Å². The number of hydrogen-bond acceptors (Lipinski definition) is 6. The van der Waals surface area contributed by atoms with Gasteiger partial charge in [0, 0.05) is 45.3 Å². The number of aromatic nitrogens is 4. The number of fused-ring (bicyclic) bond motifs is 3. The van der Waals surface area contributed by atoms with Gasteiger partial charge in [0.1, 0.15) is 0 Å². The van der Waals surface area contributed by atoms with Gasteiger partial charge < -0.3 is 10.1 Å². The minimum Gasteiger partial charge on any atom is -0.385 e. The number of nitrogens with zero attached hydrogens (tertiary/aromatic N) is 5. The van der Waals surface area contributed by atoms with Crippen molar-refractivity contribution in [2.75, 3.05) is 26.8 Å². The highest BCUT2D eigenvalue weighted by Crippen LogP contribution is 2.23. The second-order valence-electron chi connectivity index (χ2n) is 9.05. The normalized spacial score (nSPS) is 17.7. The molecule has 1 aromatic carbocycles. The molecular formula is C23H30N6O3S. The molecule has 1 N–H and O–H groups in total. The average molecular weight is 471 g/mol. The van der Waals surface area contributed by atoms with Crippen LogP contribution in [-0.2, 0) is 22.7 Å². The van der Waals surface area contributed by atoms with E-state index in [4.69, 9.17) is 22.1 Å². The van der Waals surface area contributed by atoms with Gasteiger partial charge in [-0.25, -0.2) is 4.68 Å². The zero-order valence-corrected chi connectivity index (χ0v) is 19.7. The van der Waals surface area contributed by atoms with Crippen molar-refractivity contribution in [1.82, 2.24) is 29.0 Å². The predicted octanol–water partition coefficient (Wildman–Crippen LogP) is 2.16. The molecule has 0 atom stereocenters. The Labute approximate surface area is 196 Å². The minimum atomic E-state index is -0.0659. The van der Waals surface area contributed by atoms with Gasteiger partial charge in [0.2, 0.25) is 16.5 Å². The maximum Gasteiger partial charge on any atom is 0.262 e. The van der Waals surface area contributed by atoms with Gasteiger partial charge in [0.05, 0.1) is 17.6 Å². The van der Waals surface area contributed by atoms with Crippen LogP contribution in [0.25, 0.3) is 16.7 Å². The molecule has 2 aromatic heterocycles. The number of carbonyl (C=O) groups excluding carboxylic acids is 1. The maximum atomic E-state index is 13.2. The van der Waals surface area contributed by atoms with E-state index in [0.717, 1.165) is 44.3 Å². The number of piperidine rings is 1. The predicted molar refractivity (Wildman–Crippen MR) is 128 cm³/mol. The number of rotatable bonds is 8. The summed E-state index contributed by atoms with van der Waals surface area (Å²) >= 11 is 5.81. The first-order valence-electron chi connectivity index (χ1n) is 11.7. The van der Waals surface area contributed by atoms with E-state index in [1.165, 1.54) is 0 Å². The van der Waals surface area contributed by atoms with Crippen LogP contribution in [0.3, 0.4) is 0 Å². The van der Waals surface area contributed by atoms with Crippen LogP contribution in [0, 0.1) is 10.7 Å². The number of methoxy groups -OCH3 is 1. The highest BCUT2D eigenvalue weighted by molar-refractivity contribution is 7.71. The lowest BCUT2D eigenvalue weighted by molar-refractivity contribution is -0.126. The van der Waals surface area contributed by atoms with E-state index in [2.05, 4.69) is 10.2 Å². The van der Waals surface area contributed by atoms with Crippen LogP contribution in [-0.4, -0.2) is 62.4 Å². The molecule has 0 radical (unpaired) electrons. The third-order valence-corrected chi connectivity index (χ3v) is 7.02. The monoisotopic (exact) mass is 470 g/mol. The van der Waals surface area contributed by atoms with E-state index in [1.807, 2.05) is 28.7 Å². The molecule has 3 heterocycles. The summed E-state index contributed by atoms with van der Waals surface area (Å²) < 4.78 is 11.1. The van der Waals surface area contributed by atoms with Crippen molar-refractivity contribution >= 4 is 34.8 Å². The number of benzene rings is 1. The number of likely N-dealkylation sites (tertiary alicyclic amines) is 1. The number of amides is 1. The Balaban J connectivity index is 1.41. The molecule has 3 aromatic rings. The van der Waals surface area contributed by atoms with Gasteiger partial charge in [-0.3, -0.25) is 23.5 Å². The number of carbonyl (C=O) groups is 1. The zero-order chi connectivity index (χ0) is 22.9. The van der Waals surface area contributed by atoms with Crippen LogP contribution in [0.5, 0.6) is 0 Å². The number of aryl methyl sites for hydroxylation is 1. The highest BCUT2D eigenvalue weighted by Gasteiger charge is 2.30. The molecule has 2 fully saturated rings. The number of ether oxygens (including phenoxy) is 1. The number of para-hydroxylation sites is 1. The molecule has 1 amide bonds. The molecule has 1 aliphatic carbocycles. The van der Waals surface area contributed by atoms with Gasteiger partial charge in [-0.1, -0.05) is 12.1 Å². The summed E-state index contributed by atoms with van der Waals surface area (Å²) in [7, 11) is 1.66. The summed E-state index contributed by atoms with van der Waals surface area (Å²) in [4.78, 5) is 27.9. The quantitative estimate of drug-likeness (QED) is 0.401. The Morgan fingerprint density at radius 2 is 1.97 bits per heavy atom. The zero-order valence-electron chi connectivity index (χ0n) is 18.9. The van der Waals surface area contributed by atoms with Gasteiger partial charge in [0.15, 0.2) is 0 Å². The molecule has 1 saturated heterocycles. The Morgan fingerprint density at radius 3 is 2.70 bits per heavy atom. The van der Waals surface area contributed by atoms with E-state index in [9.17, 15) is 9.59 Å². The fourth-order valence-electron chi connectivity index (χ4n) is 4.60. The smallest absolute Gasteiger partial charge is 0.262 e. The third-order valence-electron chi connectivity index (χ3n) is 6.63. The van der Waals surface area contributed by atoms with Crippen molar-refractivity contribution in [2.45, 2.75) is 51.4 Å². The van der Waals surface area contributed by atoms with Crippen LogP contribution in [0.15, 0.2) is 29.1 Å². The second kappa shape index (κ2) is 9.36. The molecule has 5 rings (SSSR count). The Bertz CT molecular complexity index is 1280. The van der Waals surface area contributed by atoms with E-state index >= 15 is 0 Å². The molecule has 2 aliphatic rings. The molecule has 1 saturated carbocycles. The summed E-state index contributed by atoms with van der Waals surface area (Å²) in [5, 5.41) is 8.53. The first kappa shape index (κ1) is 22.2. The van der Waals surface area contributed by atoms with Gasteiger partial charge >= 0.3 is 0 Å². The second-order valence-corrected chi connectivity index (χ2v) is 9.42. The fraction of sp³-hybridized carbons (Fsp3) is 0.565. The van der Waals surface area contributed by atoms with Gasteiger partial charge in [-0.15, -0.1) is 5.10 Å². The SMILES string of the molecule is COCCCn1c(=O)c2ccccc2n2c(=S)n(CN3CCC(C(=O)NC4CC4)CC3)nc12. The maximum absolute atomic E-state index is 13.2. The lowest BCUT2D eigenvalue weighted by Crippen LogP contribution is -2.41. The van der Waals surface area contributed by atoms with E-state index in [0.29, 0.717) is 48.2 Å². The van der Waals surface area contributed by atoms with Gasteiger partial charge in [0.25, 0.3) is 5.56 Å². The molecule has 33 heavy (non-hydrogen) atoms. The summed E-state index contributed by atoms with van der Waals surface area (Å²) in [6, 6.07) is 7.93. The highest BCUT2D eigenvalue weighted by atomic mass is 32.1. The minimum absolute atomic E-state index is 0.0659. The molecule has 9 nitrogen and oxygen atoms in total. The Morgan fingerprint density at radius 1 is 1.21 bits per heavy atom. The topological polar surface area (TPSA) is 85.8 Å². The van der Waals surface area contributed by atoms with Gasteiger partial charge in [-0.05, 0) is 56.5 Å². The molecule has 0 unspecified atom stereocenters.